The van der Waals surface area contributed by atoms with Gasteiger partial charge < -0.3 is 0 Å². The first-order valence-electron chi connectivity index (χ1n) is 5.95. The Morgan fingerprint density at radius 2 is 0.680 bits per heavy atom. The summed E-state index contributed by atoms with van der Waals surface area (Å²) in [4.78, 5) is 0. The minimum absolute atomic E-state index is 0.204. The standard InChI is InChI=1S/C10H15.12FH.Rh.2Sb/c1-6-7(2)9(4)10(5)8(6)3;;;;;;;;;;;;;;;/h1-5H3;12*1H;;;/q;;;;;;;;;;;;;+2;2*+5/p-12. The molecule has 0 fully saturated rings. The molecule has 0 spiro atoms. The quantitative estimate of drug-likeness (QED) is 0.179. The molecule has 0 nitrogen and oxygen atoms in total. The van der Waals surface area contributed by atoms with Crippen LogP contribution in [-0.4, -0.2) is 39.0 Å². The number of hydrogen-bond acceptors (Lipinski definition) is 0. The Hall–Kier alpha value is 0.900. The summed E-state index contributed by atoms with van der Waals surface area (Å²) >= 11 is -19.4. The van der Waals surface area contributed by atoms with Gasteiger partial charge in [-0.2, -0.15) is 0 Å². The molecule has 0 N–H and O–H groups in total. The van der Waals surface area contributed by atoms with E-state index in [4.69, 9.17) is 0 Å². The van der Waals surface area contributed by atoms with E-state index in [2.05, 4.69) is 52.9 Å². The molecule has 1 rings (SSSR count). The predicted molar refractivity (Wildman–Crippen MR) is 69.9 cm³/mol. The van der Waals surface area contributed by atoms with E-state index in [1.165, 1.54) is 22.3 Å². The maximum absolute atomic E-state index is 11.2. The van der Waals surface area contributed by atoms with E-state index < -0.39 is 39.0 Å². The Kier molecular flexibility index (Phi) is 6.69. The van der Waals surface area contributed by atoms with Gasteiger partial charge in [0.05, 0.1) is 0 Å². The Bertz CT molecular complexity index is 524. The molecule has 0 aromatic rings. The molecule has 0 amide bonds. The predicted octanol–water partition coefficient (Wildman–Crippen LogP) is 7.68. The first kappa shape index (κ1) is 28.1. The third-order valence-electron chi connectivity index (χ3n) is 3.06. The van der Waals surface area contributed by atoms with Gasteiger partial charge in [-0.15, -0.1) is 0 Å². The van der Waals surface area contributed by atoms with E-state index >= 15 is 0 Å². The van der Waals surface area contributed by atoms with Crippen LogP contribution in [0.25, 0.3) is 0 Å². The van der Waals surface area contributed by atoms with E-state index in [0.29, 0.717) is 0 Å². The normalized spacial score (nSPS) is 23.3. The Labute approximate surface area is 151 Å². The molecule has 0 atom stereocenters. The zero-order chi connectivity index (χ0) is 21.6. The van der Waals surface area contributed by atoms with Crippen LogP contribution < -0.4 is 0 Å². The van der Waals surface area contributed by atoms with Gasteiger partial charge in [0, 0.05) is 0 Å². The van der Waals surface area contributed by atoms with Gasteiger partial charge >= 0.3 is 152 Å². The molecule has 0 unspecified atom stereocenters. The summed E-state index contributed by atoms with van der Waals surface area (Å²) in [6.07, 6.45) is 0. The summed E-state index contributed by atoms with van der Waals surface area (Å²) in [5.41, 5.74) is 5.90. The Balaban J connectivity index is 0. The van der Waals surface area contributed by atoms with Crippen LogP contribution in [0.2, 0.25) is 4.01 Å². The second kappa shape index (κ2) is 5.95. The molecule has 0 bridgehead atoms. The molecule has 0 aliphatic heterocycles. The minimum atomic E-state index is -11.2. The topological polar surface area (TPSA) is 0 Å². The molecular formula is C10H15F12RhSb2. The molecule has 0 radical (unpaired) electrons. The van der Waals surface area contributed by atoms with Crippen LogP contribution in [0, 0.1) is 0 Å². The summed E-state index contributed by atoms with van der Waals surface area (Å²) in [6, 6.07) is 0. The van der Waals surface area contributed by atoms with Crippen molar-refractivity contribution in [1.82, 2.24) is 0 Å². The number of halogens is 12. The number of hydrogen-bond donors (Lipinski definition) is 0. The molecule has 0 saturated heterocycles. The summed E-state index contributed by atoms with van der Waals surface area (Å²) in [6.45, 7) is 11.1. The molecule has 0 aromatic heterocycles. The van der Waals surface area contributed by atoms with Crippen molar-refractivity contribution in [3.63, 3.8) is 0 Å². The molecule has 25 heavy (non-hydrogen) atoms. The summed E-state index contributed by atoms with van der Waals surface area (Å²) in [5.74, 6) is 0. The van der Waals surface area contributed by atoms with Gasteiger partial charge in [-0.05, 0) is 0 Å². The van der Waals surface area contributed by atoms with Crippen LogP contribution in [0.15, 0.2) is 22.3 Å². The van der Waals surface area contributed by atoms with Gasteiger partial charge in [-0.1, -0.05) is 0 Å². The van der Waals surface area contributed by atoms with E-state index in [1.54, 1.807) is 0 Å². The maximum atomic E-state index is 9.93. The first-order valence-corrected chi connectivity index (χ1v) is 18.3. The van der Waals surface area contributed by atoms with Crippen LogP contribution in [0.1, 0.15) is 34.6 Å². The average Bonchev–Trinajstić information content (AvgIpc) is 2.25. The van der Waals surface area contributed by atoms with Crippen molar-refractivity contribution in [3.8, 4) is 0 Å². The van der Waals surface area contributed by atoms with E-state index in [9.17, 15) is 33.8 Å². The first-order chi connectivity index (χ1) is 9.79. The fourth-order valence-corrected chi connectivity index (χ4v) is 2.15. The third kappa shape index (κ3) is 21.1. The van der Waals surface area contributed by atoms with Crippen molar-refractivity contribution in [2.45, 2.75) is 38.6 Å². The van der Waals surface area contributed by atoms with Crippen LogP contribution in [0.5, 0.6) is 0 Å². The van der Waals surface area contributed by atoms with Crippen molar-refractivity contribution >= 4 is 39.0 Å². The molecule has 0 heterocycles. The van der Waals surface area contributed by atoms with E-state index in [-0.39, 0.29) is 4.01 Å². The monoisotopic (exact) mass is 708 g/mol. The second-order valence-electron chi connectivity index (χ2n) is 5.37. The van der Waals surface area contributed by atoms with Crippen molar-refractivity contribution in [3.05, 3.63) is 22.3 Å². The molecule has 158 valence electrons. The van der Waals surface area contributed by atoms with Gasteiger partial charge in [-0.3, -0.25) is 0 Å². The molecule has 1 aliphatic carbocycles. The van der Waals surface area contributed by atoms with Crippen molar-refractivity contribution in [1.29, 1.82) is 0 Å². The van der Waals surface area contributed by atoms with E-state index in [1.807, 2.05) is 0 Å². The molecule has 15 heteroatoms. The van der Waals surface area contributed by atoms with Gasteiger partial charge in [0.25, 0.3) is 0 Å². The number of allylic oxidation sites excluding steroid dienone is 4. The van der Waals surface area contributed by atoms with Crippen molar-refractivity contribution in [2.24, 2.45) is 0 Å². The number of rotatable bonds is 0. The van der Waals surface area contributed by atoms with Crippen LogP contribution in [-0.2, 0) is 18.3 Å². The zero-order valence-corrected chi connectivity index (χ0v) is 20.0. The molecule has 0 saturated carbocycles. The Morgan fingerprint density at radius 3 is 0.720 bits per heavy atom. The van der Waals surface area contributed by atoms with Gasteiger partial charge in [0.15, 0.2) is 0 Å². The summed E-state index contributed by atoms with van der Waals surface area (Å²) < 4.78 is 119. The molecular weight excluding hydrogens is 695 g/mol. The van der Waals surface area contributed by atoms with Crippen LogP contribution >= 0.6 is 0 Å². The van der Waals surface area contributed by atoms with Crippen LogP contribution in [0.4, 0.5) is 33.8 Å². The second-order valence-corrected chi connectivity index (χ2v) is 18.0. The average molecular weight is 710 g/mol. The van der Waals surface area contributed by atoms with Crippen LogP contribution in [0.3, 0.4) is 0 Å². The SMILES string of the molecule is CC1=C(C)[C](C)([Rh+2])C(C)=C1C.[F][Sb-]([F])([F])([F])([F])[F].[F][Sb-]([F])([F])([F])([F])[F]. The summed E-state index contributed by atoms with van der Waals surface area (Å²) in [5, 5.41) is 0. The summed E-state index contributed by atoms with van der Waals surface area (Å²) in [7, 11) is 0. The van der Waals surface area contributed by atoms with Gasteiger partial charge in [0.1, 0.15) is 0 Å². The van der Waals surface area contributed by atoms with E-state index in [0.717, 1.165) is 0 Å². The third-order valence-corrected chi connectivity index (χ3v) is 4.29. The van der Waals surface area contributed by atoms with Crippen molar-refractivity contribution < 1.29 is 52.1 Å². The fraction of sp³-hybridized carbons (Fsp3) is 0.600. The Morgan fingerprint density at radius 1 is 0.560 bits per heavy atom. The van der Waals surface area contributed by atoms with Gasteiger partial charge in [0.2, 0.25) is 0 Å². The molecule has 1 aliphatic rings. The zero-order valence-electron chi connectivity index (χ0n) is 13.3. The van der Waals surface area contributed by atoms with Gasteiger partial charge in [-0.25, -0.2) is 0 Å². The fourth-order valence-electron chi connectivity index (χ4n) is 1.53. The van der Waals surface area contributed by atoms with Crippen molar-refractivity contribution in [2.75, 3.05) is 0 Å². The molecule has 0 aromatic carbocycles.